The number of nitrogens with zero attached hydrogens (tertiary/aromatic N) is 2. The lowest BCUT2D eigenvalue weighted by atomic mass is 9.99. The average molecular weight is 412 g/mol. The van der Waals surface area contributed by atoms with Gasteiger partial charge in [-0.2, -0.15) is 4.31 Å². The van der Waals surface area contributed by atoms with E-state index in [1.54, 1.807) is 19.1 Å². The van der Waals surface area contributed by atoms with E-state index in [0.717, 1.165) is 0 Å². The number of sulfonamides is 1. The molecule has 1 aliphatic rings. The van der Waals surface area contributed by atoms with E-state index in [-0.39, 0.29) is 30.5 Å². The van der Waals surface area contributed by atoms with Gasteiger partial charge in [0, 0.05) is 25.2 Å². The minimum absolute atomic E-state index is 0.0781. The molecule has 4 atom stereocenters. The van der Waals surface area contributed by atoms with Crippen LogP contribution in [0.4, 0.5) is 0 Å². The van der Waals surface area contributed by atoms with Gasteiger partial charge in [-0.25, -0.2) is 13.4 Å². The van der Waals surface area contributed by atoms with Gasteiger partial charge in [-0.05, 0) is 30.9 Å². The molecule has 28 heavy (non-hydrogen) atoms. The van der Waals surface area contributed by atoms with Gasteiger partial charge in [0.2, 0.25) is 11.8 Å². The summed E-state index contributed by atoms with van der Waals surface area (Å²) in [4.78, 5) is 27.1. The number of carbonyl (C=O) groups is 2. The fourth-order valence-electron chi connectivity index (χ4n) is 3.05. The van der Waals surface area contributed by atoms with Crippen LogP contribution in [0.5, 0.6) is 0 Å². The van der Waals surface area contributed by atoms with Gasteiger partial charge in [0.1, 0.15) is 0 Å². The van der Waals surface area contributed by atoms with Crippen molar-refractivity contribution in [3.05, 3.63) is 30.8 Å². The quantitative estimate of drug-likeness (QED) is 0.561. The molecule has 2 rings (SSSR count). The molecule has 2 heterocycles. The molecule has 9 nitrogen and oxygen atoms in total. The Labute approximate surface area is 165 Å². The van der Waals surface area contributed by atoms with Crippen molar-refractivity contribution in [2.75, 3.05) is 13.1 Å². The summed E-state index contributed by atoms with van der Waals surface area (Å²) in [6, 6.07) is 4.01. The predicted molar refractivity (Wildman–Crippen MR) is 102 cm³/mol. The molecular weight excluding hydrogens is 384 g/mol. The molecule has 0 unspecified atom stereocenters. The number of hydrogen-bond acceptors (Lipinski definition) is 6. The lowest BCUT2D eigenvalue weighted by Crippen LogP contribution is -2.47. The molecule has 4 N–H and O–H groups in total. The van der Waals surface area contributed by atoms with Gasteiger partial charge in [0.05, 0.1) is 18.6 Å². The summed E-state index contributed by atoms with van der Waals surface area (Å²) in [6.45, 7) is 3.54. The van der Waals surface area contributed by atoms with Gasteiger partial charge in [-0.1, -0.05) is 19.9 Å². The summed E-state index contributed by atoms with van der Waals surface area (Å²) in [6.07, 6.45) is 2.26. The number of primary amides is 1. The number of nitrogens with two attached hydrogens (primary N) is 1. The number of nitrogens with one attached hydrogen (secondary N) is 1. The molecule has 0 aliphatic carbocycles. The second-order valence-electron chi connectivity index (χ2n) is 7.26. The molecule has 1 radical (unpaired) electrons. The molecule has 1 aliphatic heterocycles. The first-order valence-corrected chi connectivity index (χ1v) is 10.6. The van der Waals surface area contributed by atoms with E-state index < -0.39 is 39.9 Å². The summed E-state index contributed by atoms with van der Waals surface area (Å²) in [5.74, 6) is -1.49. The molecule has 2 amide bonds. The predicted octanol–water partition coefficient (Wildman–Crippen LogP) is -0.326. The minimum atomic E-state index is -3.84. The van der Waals surface area contributed by atoms with E-state index in [0.29, 0.717) is 6.42 Å². The van der Waals surface area contributed by atoms with Crippen LogP contribution in [0.2, 0.25) is 0 Å². The Morgan fingerprint density at radius 3 is 2.75 bits per heavy atom. The Bertz CT molecular complexity index is 786. The number of hydrogen-bond donors (Lipinski definition) is 3. The standard InChI is InChI=1S/C18H27N4O5S/c1-12-9-14(21-16(24)7-6-13(2)18(19)25)15(23)11-22(10-12)28(26,27)17-5-3-4-8-20-17/h3-5,7-8,12-15,23H,6,9-11H2,1-2H3,(H2,19,25)(H,21,24)/t12-,13+,14-,15+/m1/s1. The van der Waals surface area contributed by atoms with Crippen molar-refractivity contribution >= 4 is 21.8 Å². The van der Waals surface area contributed by atoms with Gasteiger partial charge >= 0.3 is 0 Å². The summed E-state index contributed by atoms with van der Waals surface area (Å²) in [5.41, 5.74) is 5.17. The number of aliphatic hydroxyl groups is 1. The first kappa shape index (κ1) is 22.3. The number of aromatic nitrogens is 1. The Morgan fingerprint density at radius 2 is 2.14 bits per heavy atom. The third-order valence-electron chi connectivity index (χ3n) is 4.74. The molecule has 1 aromatic rings. The number of carbonyl (C=O) groups excluding carboxylic acids is 2. The Hall–Kier alpha value is -2.04. The highest BCUT2D eigenvalue weighted by Gasteiger charge is 2.36. The van der Waals surface area contributed by atoms with Crippen molar-refractivity contribution in [3.63, 3.8) is 0 Å². The van der Waals surface area contributed by atoms with Crippen LogP contribution in [0.1, 0.15) is 26.7 Å². The average Bonchev–Trinajstić information content (AvgIpc) is 2.79. The van der Waals surface area contributed by atoms with Crippen LogP contribution in [0.25, 0.3) is 0 Å². The summed E-state index contributed by atoms with van der Waals surface area (Å²) < 4.78 is 26.8. The summed E-state index contributed by atoms with van der Waals surface area (Å²) in [5, 5.41) is 13.2. The highest BCUT2D eigenvalue weighted by Crippen LogP contribution is 2.23. The Morgan fingerprint density at radius 1 is 1.43 bits per heavy atom. The van der Waals surface area contributed by atoms with E-state index >= 15 is 0 Å². The van der Waals surface area contributed by atoms with E-state index in [1.807, 2.05) is 6.92 Å². The van der Waals surface area contributed by atoms with Crippen LogP contribution in [-0.2, 0) is 19.6 Å². The molecule has 10 heteroatoms. The molecule has 1 saturated heterocycles. The van der Waals surface area contributed by atoms with Crippen LogP contribution < -0.4 is 11.1 Å². The normalized spacial score (nSPS) is 24.9. The maximum atomic E-state index is 12.8. The molecular formula is C18H27N4O5S. The lowest BCUT2D eigenvalue weighted by Gasteiger charge is -2.24. The van der Waals surface area contributed by atoms with Crippen LogP contribution in [0, 0.1) is 18.3 Å². The van der Waals surface area contributed by atoms with Crippen molar-refractivity contribution in [1.82, 2.24) is 14.6 Å². The first-order valence-electron chi connectivity index (χ1n) is 9.13. The SMILES string of the molecule is C[C@@H]1C[C@@H](NC(=O)[CH]C[C@H](C)C(N)=O)[C@@H](O)CN(S(=O)(=O)c2ccccn2)C1. The van der Waals surface area contributed by atoms with Crippen LogP contribution >= 0.6 is 0 Å². The second kappa shape index (κ2) is 9.44. The third kappa shape index (κ3) is 5.73. The number of rotatable bonds is 7. The monoisotopic (exact) mass is 411 g/mol. The summed E-state index contributed by atoms with van der Waals surface area (Å²) in [7, 11) is -3.84. The van der Waals surface area contributed by atoms with Crippen molar-refractivity contribution < 1.29 is 23.1 Å². The highest BCUT2D eigenvalue weighted by atomic mass is 32.2. The number of pyridine rings is 1. The van der Waals surface area contributed by atoms with Gasteiger partial charge in [0.15, 0.2) is 5.03 Å². The van der Waals surface area contributed by atoms with Crippen LogP contribution in [-0.4, -0.2) is 59.9 Å². The van der Waals surface area contributed by atoms with Crippen molar-refractivity contribution in [1.29, 1.82) is 0 Å². The van der Waals surface area contributed by atoms with E-state index in [9.17, 15) is 23.1 Å². The smallest absolute Gasteiger partial charge is 0.260 e. The largest absolute Gasteiger partial charge is 0.390 e. The van der Waals surface area contributed by atoms with E-state index in [2.05, 4.69) is 10.3 Å². The van der Waals surface area contributed by atoms with E-state index in [4.69, 9.17) is 5.73 Å². The minimum Gasteiger partial charge on any atom is -0.390 e. The topological polar surface area (TPSA) is 143 Å². The molecule has 0 bridgehead atoms. The third-order valence-corrected chi connectivity index (χ3v) is 6.49. The van der Waals surface area contributed by atoms with Gasteiger partial charge in [-0.15, -0.1) is 0 Å². The first-order chi connectivity index (χ1) is 13.1. The zero-order chi connectivity index (χ0) is 20.9. The van der Waals surface area contributed by atoms with Crippen LogP contribution in [0.3, 0.4) is 0 Å². The Balaban J connectivity index is 2.04. The van der Waals surface area contributed by atoms with Gasteiger partial charge in [-0.3, -0.25) is 9.59 Å². The maximum absolute atomic E-state index is 12.8. The lowest BCUT2D eigenvalue weighted by molar-refractivity contribution is -0.121. The van der Waals surface area contributed by atoms with Gasteiger partial charge in [0.25, 0.3) is 10.0 Å². The zero-order valence-corrected chi connectivity index (χ0v) is 16.8. The molecule has 0 spiro atoms. The highest BCUT2D eigenvalue weighted by molar-refractivity contribution is 7.89. The van der Waals surface area contributed by atoms with Crippen LogP contribution in [0.15, 0.2) is 29.4 Å². The zero-order valence-electron chi connectivity index (χ0n) is 16.0. The number of β-amino-alcohol motifs (C(OH)–C–C–N with tert-alkyl or cyclic N) is 1. The van der Waals surface area contributed by atoms with Crippen molar-refractivity contribution in [3.8, 4) is 0 Å². The van der Waals surface area contributed by atoms with Crippen molar-refractivity contribution in [2.24, 2.45) is 17.6 Å². The molecule has 0 aromatic carbocycles. The van der Waals surface area contributed by atoms with E-state index in [1.165, 1.54) is 23.0 Å². The molecule has 0 saturated carbocycles. The maximum Gasteiger partial charge on any atom is 0.260 e. The summed E-state index contributed by atoms with van der Waals surface area (Å²) >= 11 is 0. The molecule has 1 aromatic heterocycles. The molecule has 1 fully saturated rings. The Kier molecular flexibility index (Phi) is 7.50. The number of aliphatic hydroxyl groups excluding tert-OH is 1. The van der Waals surface area contributed by atoms with Gasteiger partial charge < -0.3 is 16.2 Å². The fraction of sp³-hybridized carbons (Fsp3) is 0.556. The second-order valence-corrected chi connectivity index (χ2v) is 9.14. The number of amides is 2. The van der Waals surface area contributed by atoms with Crippen molar-refractivity contribution in [2.45, 2.75) is 43.9 Å². The fourth-order valence-corrected chi connectivity index (χ4v) is 4.56. The molecule has 155 valence electrons.